The lowest BCUT2D eigenvalue weighted by molar-refractivity contribution is -0.138. The van der Waals surface area contributed by atoms with Gasteiger partial charge in [-0.2, -0.15) is 0 Å². The van der Waals surface area contributed by atoms with E-state index in [1.165, 1.54) is 0 Å². The van der Waals surface area contributed by atoms with Crippen molar-refractivity contribution in [3.8, 4) is 11.4 Å². The van der Waals surface area contributed by atoms with Gasteiger partial charge in [-0.15, -0.1) is 5.10 Å². The Morgan fingerprint density at radius 2 is 2.05 bits per heavy atom. The van der Waals surface area contributed by atoms with Crippen LogP contribution in [0.1, 0.15) is 25.8 Å². The van der Waals surface area contributed by atoms with Crippen LogP contribution < -0.4 is 0 Å². The van der Waals surface area contributed by atoms with Crippen molar-refractivity contribution in [1.82, 2.24) is 20.2 Å². The Morgan fingerprint density at radius 3 is 2.57 bits per heavy atom. The molecule has 2 rings (SSSR count). The first-order valence-corrected chi connectivity index (χ1v) is 6.87. The van der Waals surface area contributed by atoms with Crippen LogP contribution in [0, 0.1) is 11.6 Å². The summed E-state index contributed by atoms with van der Waals surface area (Å²) in [6.45, 7) is 1.74. The van der Waals surface area contributed by atoms with Gasteiger partial charge in [0.1, 0.15) is 11.6 Å². The zero-order chi connectivity index (χ0) is 15.6. The van der Waals surface area contributed by atoms with E-state index in [1.54, 1.807) is 6.92 Å². The van der Waals surface area contributed by atoms with Crippen molar-refractivity contribution in [1.29, 1.82) is 0 Å². The molecule has 112 valence electrons. The minimum atomic E-state index is -1.04. The van der Waals surface area contributed by atoms with E-state index in [2.05, 4.69) is 31.5 Å². The molecular formula is C12H11BrF2N4O2. The van der Waals surface area contributed by atoms with Gasteiger partial charge in [-0.3, -0.25) is 4.79 Å². The molecule has 0 fully saturated rings. The number of carbonyl (C=O) groups is 1. The maximum Gasteiger partial charge on any atom is 0.305 e. The fourth-order valence-corrected chi connectivity index (χ4v) is 2.37. The highest BCUT2D eigenvalue weighted by Gasteiger charge is 2.24. The normalized spacial score (nSPS) is 12.4. The molecule has 1 unspecified atom stereocenters. The van der Waals surface area contributed by atoms with E-state index in [0.29, 0.717) is 6.42 Å². The maximum atomic E-state index is 14.0. The molecule has 6 nitrogen and oxygen atoms in total. The summed E-state index contributed by atoms with van der Waals surface area (Å²) in [7, 11) is 0. The van der Waals surface area contributed by atoms with Gasteiger partial charge in [0.25, 0.3) is 0 Å². The average Bonchev–Trinajstić information content (AvgIpc) is 2.83. The van der Waals surface area contributed by atoms with Crippen LogP contribution in [0.5, 0.6) is 0 Å². The average molecular weight is 361 g/mol. The summed E-state index contributed by atoms with van der Waals surface area (Å²) in [5.41, 5.74) is -0.382. The van der Waals surface area contributed by atoms with Gasteiger partial charge in [-0.25, -0.2) is 13.5 Å². The monoisotopic (exact) mass is 360 g/mol. The van der Waals surface area contributed by atoms with E-state index in [4.69, 9.17) is 5.11 Å². The molecule has 0 saturated carbocycles. The number of hydrogen-bond acceptors (Lipinski definition) is 4. The first-order valence-electron chi connectivity index (χ1n) is 6.08. The lowest BCUT2D eigenvalue weighted by atomic mass is 10.1. The van der Waals surface area contributed by atoms with Crippen LogP contribution in [-0.4, -0.2) is 31.3 Å². The van der Waals surface area contributed by atoms with E-state index in [9.17, 15) is 13.6 Å². The zero-order valence-corrected chi connectivity index (χ0v) is 12.5. The Morgan fingerprint density at radius 1 is 1.43 bits per heavy atom. The van der Waals surface area contributed by atoms with Gasteiger partial charge < -0.3 is 5.11 Å². The van der Waals surface area contributed by atoms with E-state index in [-0.39, 0.29) is 22.3 Å². The summed E-state index contributed by atoms with van der Waals surface area (Å²) in [4.78, 5) is 10.9. The highest BCUT2D eigenvalue weighted by atomic mass is 79.9. The number of hydrogen-bond donors (Lipinski definition) is 1. The molecule has 1 heterocycles. The zero-order valence-electron chi connectivity index (χ0n) is 10.9. The number of rotatable bonds is 5. The highest BCUT2D eigenvalue weighted by Crippen LogP contribution is 2.29. The molecule has 0 bridgehead atoms. The SMILES string of the molecule is CCC(CC(=O)O)n1nnnc1-c1c(F)cc(Br)cc1F. The fourth-order valence-electron chi connectivity index (χ4n) is 1.97. The molecule has 0 spiro atoms. The van der Waals surface area contributed by atoms with Crippen molar-refractivity contribution < 1.29 is 18.7 Å². The predicted octanol–water partition coefficient (Wildman–Crippen LogP) is 2.81. The number of benzene rings is 1. The maximum absolute atomic E-state index is 14.0. The van der Waals surface area contributed by atoms with Crippen LogP contribution in [0.15, 0.2) is 16.6 Å². The van der Waals surface area contributed by atoms with E-state index >= 15 is 0 Å². The number of carboxylic acid groups (broad SMARTS) is 1. The predicted molar refractivity (Wildman–Crippen MR) is 72.4 cm³/mol. The Bertz CT molecular complexity index is 654. The molecule has 1 aromatic carbocycles. The molecule has 1 atom stereocenters. The lowest BCUT2D eigenvalue weighted by Gasteiger charge is -2.15. The van der Waals surface area contributed by atoms with Crippen LogP contribution in [0.4, 0.5) is 8.78 Å². The topological polar surface area (TPSA) is 80.9 Å². The van der Waals surface area contributed by atoms with Crippen molar-refractivity contribution in [2.24, 2.45) is 0 Å². The van der Waals surface area contributed by atoms with Crippen molar-refractivity contribution in [3.05, 3.63) is 28.2 Å². The molecule has 1 aromatic heterocycles. The summed E-state index contributed by atoms with van der Waals surface area (Å²) in [6, 6.07) is 1.60. The highest BCUT2D eigenvalue weighted by molar-refractivity contribution is 9.10. The minimum Gasteiger partial charge on any atom is -0.481 e. The Hall–Kier alpha value is -1.90. The third kappa shape index (κ3) is 3.23. The first kappa shape index (κ1) is 15.5. The van der Waals surface area contributed by atoms with Gasteiger partial charge in [0.2, 0.25) is 0 Å². The summed E-state index contributed by atoms with van der Waals surface area (Å²) < 4.78 is 29.4. The molecule has 0 amide bonds. The molecule has 0 saturated heterocycles. The molecule has 0 aliphatic rings. The van der Waals surface area contributed by atoms with Gasteiger partial charge in [-0.05, 0) is 29.0 Å². The molecule has 1 N–H and O–H groups in total. The van der Waals surface area contributed by atoms with Gasteiger partial charge >= 0.3 is 5.97 Å². The second kappa shape index (κ2) is 6.25. The van der Waals surface area contributed by atoms with Gasteiger partial charge in [0.05, 0.1) is 18.0 Å². The number of carboxylic acids is 1. The number of aliphatic carboxylic acids is 1. The molecule has 0 radical (unpaired) electrons. The second-order valence-electron chi connectivity index (χ2n) is 4.35. The van der Waals surface area contributed by atoms with Crippen molar-refractivity contribution in [2.45, 2.75) is 25.8 Å². The summed E-state index contributed by atoms with van der Waals surface area (Å²) in [5.74, 6) is -2.84. The number of halogens is 3. The van der Waals surface area contributed by atoms with E-state index in [0.717, 1.165) is 16.8 Å². The Labute approximate surface area is 126 Å². The van der Waals surface area contributed by atoms with Gasteiger partial charge in [0, 0.05) is 4.47 Å². The van der Waals surface area contributed by atoms with E-state index < -0.39 is 23.6 Å². The Kier molecular flexibility index (Phi) is 4.61. The third-order valence-corrected chi connectivity index (χ3v) is 3.41. The fraction of sp³-hybridized carbons (Fsp3) is 0.333. The number of nitrogens with zero attached hydrogens (tertiary/aromatic N) is 4. The van der Waals surface area contributed by atoms with Crippen molar-refractivity contribution in [2.75, 3.05) is 0 Å². The molecule has 21 heavy (non-hydrogen) atoms. The second-order valence-corrected chi connectivity index (χ2v) is 5.27. The Balaban J connectivity index is 2.52. The molecule has 9 heteroatoms. The molecule has 2 aromatic rings. The standard InChI is InChI=1S/C12H11BrF2N4O2/c1-2-7(5-10(20)21)19-12(16-17-18-19)11-8(14)3-6(13)4-9(11)15/h3-4,7H,2,5H2,1H3,(H,20,21). The van der Waals surface area contributed by atoms with Gasteiger partial charge in [-0.1, -0.05) is 22.9 Å². The molecular weight excluding hydrogens is 350 g/mol. The molecule has 0 aliphatic heterocycles. The summed E-state index contributed by atoms with van der Waals surface area (Å²) in [6.07, 6.45) is 0.165. The molecule has 0 aliphatic carbocycles. The quantitative estimate of drug-likeness (QED) is 0.886. The lowest BCUT2D eigenvalue weighted by Crippen LogP contribution is -2.16. The largest absolute Gasteiger partial charge is 0.481 e. The van der Waals surface area contributed by atoms with Crippen LogP contribution >= 0.6 is 15.9 Å². The van der Waals surface area contributed by atoms with Gasteiger partial charge in [0.15, 0.2) is 5.82 Å². The van der Waals surface area contributed by atoms with Crippen molar-refractivity contribution in [3.63, 3.8) is 0 Å². The van der Waals surface area contributed by atoms with Crippen molar-refractivity contribution >= 4 is 21.9 Å². The first-order chi connectivity index (χ1) is 9.93. The van der Waals surface area contributed by atoms with Crippen LogP contribution in [0.2, 0.25) is 0 Å². The van der Waals surface area contributed by atoms with Crippen LogP contribution in [-0.2, 0) is 4.79 Å². The summed E-state index contributed by atoms with van der Waals surface area (Å²) >= 11 is 2.99. The smallest absolute Gasteiger partial charge is 0.305 e. The van der Waals surface area contributed by atoms with Crippen LogP contribution in [0.3, 0.4) is 0 Å². The van der Waals surface area contributed by atoms with Crippen LogP contribution in [0.25, 0.3) is 11.4 Å². The number of aromatic nitrogens is 4. The number of tetrazole rings is 1. The third-order valence-electron chi connectivity index (χ3n) is 2.95. The minimum absolute atomic E-state index is 0.134. The van der Waals surface area contributed by atoms with E-state index in [1.807, 2.05) is 0 Å². The summed E-state index contributed by atoms with van der Waals surface area (Å²) in [5, 5.41) is 19.6.